The van der Waals surface area contributed by atoms with Gasteiger partial charge in [-0.25, -0.2) is 4.98 Å². The van der Waals surface area contributed by atoms with Crippen LogP contribution in [0.1, 0.15) is 28.7 Å². The van der Waals surface area contributed by atoms with E-state index in [9.17, 15) is 4.79 Å². The van der Waals surface area contributed by atoms with E-state index in [1.54, 1.807) is 0 Å². The lowest BCUT2D eigenvalue weighted by atomic mass is 10.3. The Balaban J connectivity index is 1.71. The number of nitrogens with one attached hydrogen (secondary N) is 1. The van der Waals surface area contributed by atoms with Gasteiger partial charge in [-0.1, -0.05) is 19.1 Å². The van der Waals surface area contributed by atoms with Crippen molar-refractivity contribution in [2.45, 2.75) is 26.8 Å². The predicted octanol–water partition coefficient (Wildman–Crippen LogP) is 3.96. The lowest BCUT2D eigenvalue weighted by Crippen LogP contribution is -2.15. The summed E-state index contributed by atoms with van der Waals surface area (Å²) in [6, 6.07) is 9.85. The third-order valence-electron chi connectivity index (χ3n) is 4.25. The van der Waals surface area contributed by atoms with Gasteiger partial charge in [0.2, 0.25) is 5.95 Å². The van der Waals surface area contributed by atoms with E-state index >= 15 is 0 Å². The number of nitrogens with zero attached hydrogens (tertiary/aromatic N) is 4. The van der Waals surface area contributed by atoms with Gasteiger partial charge in [-0.2, -0.15) is 5.10 Å². The van der Waals surface area contributed by atoms with E-state index in [4.69, 9.17) is 0 Å². The molecule has 4 rings (SSSR count). The normalized spacial score (nSPS) is 11.5. The number of aromatic nitrogens is 4. The highest BCUT2D eigenvalue weighted by Gasteiger charge is 2.18. The molecule has 0 aliphatic rings. The maximum absolute atomic E-state index is 12.8. The number of imidazole rings is 1. The highest BCUT2D eigenvalue weighted by molar-refractivity contribution is 7.20. The number of hydrogen-bond acceptors (Lipinski definition) is 4. The number of thiophene rings is 1. The molecule has 1 amide bonds. The van der Waals surface area contributed by atoms with E-state index in [1.165, 1.54) is 11.3 Å². The van der Waals surface area contributed by atoms with Crippen molar-refractivity contribution in [1.29, 1.82) is 0 Å². The summed E-state index contributed by atoms with van der Waals surface area (Å²) in [6.07, 6.45) is 0.969. The first-order chi connectivity index (χ1) is 12.1. The van der Waals surface area contributed by atoms with Gasteiger partial charge in [0.15, 0.2) is 0 Å². The number of aryl methyl sites for hydroxylation is 3. The Morgan fingerprint density at radius 1 is 1.32 bits per heavy atom. The first-order valence-electron chi connectivity index (χ1n) is 8.28. The highest BCUT2D eigenvalue weighted by atomic mass is 32.1. The molecule has 0 aliphatic heterocycles. The fourth-order valence-corrected chi connectivity index (χ4v) is 4.12. The van der Waals surface area contributed by atoms with Gasteiger partial charge >= 0.3 is 0 Å². The molecule has 0 bridgehead atoms. The lowest BCUT2D eigenvalue weighted by molar-refractivity contribution is 0.102. The zero-order valence-corrected chi connectivity index (χ0v) is 15.2. The first-order valence-corrected chi connectivity index (χ1v) is 9.10. The second-order valence-corrected chi connectivity index (χ2v) is 7.10. The molecule has 0 atom stereocenters. The van der Waals surface area contributed by atoms with E-state index < -0.39 is 0 Å². The van der Waals surface area contributed by atoms with Crippen molar-refractivity contribution < 1.29 is 4.79 Å². The van der Waals surface area contributed by atoms with Crippen LogP contribution in [-0.2, 0) is 13.6 Å². The van der Waals surface area contributed by atoms with Gasteiger partial charge in [-0.3, -0.25) is 14.8 Å². The Hall–Kier alpha value is -2.67. The first kappa shape index (κ1) is 15.8. The molecule has 0 aliphatic carbocycles. The molecule has 0 spiro atoms. The maximum Gasteiger partial charge on any atom is 0.268 e. The maximum atomic E-state index is 12.8. The van der Waals surface area contributed by atoms with Crippen molar-refractivity contribution in [3.8, 4) is 0 Å². The largest absolute Gasteiger partial charge is 0.310 e. The molecule has 0 saturated carbocycles. The standard InChI is InChI=1S/C18H19N5OS/c1-4-9-23-14-8-6-5-7-13(14)19-18(23)20-16(24)15-10-12-11(2)21-22(3)17(12)25-15/h5-8,10H,4,9H2,1-3H3,(H,19,20,24). The van der Waals surface area contributed by atoms with Crippen LogP contribution >= 0.6 is 11.3 Å². The molecular weight excluding hydrogens is 334 g/mol. The molecule has 3 heterocycles. The van der Waals surface area contributed by atoms with Crippen LogP contribution in [0.4, 0.5) is 5.95 Å². The molecule has 1 aromatic carbocycles. The molecule has 0 radical (unpaired) electrons. The van der Waals surface area contributed by atoms with Gasteiger partial charge in [0.25, 0.3) is 5.91 Å². The molecule has 3 aromatic heterocycles. The van der Waals surface area contributed by atoms with Crippen LogP contribution in [-0.4, -0.2) is 25.2 Å². The van der Waals surface area contributed by atoms with Crippen LogP contribution in [0.3, 0.4) is 0 Å². The number of amides is 1. The molecule has 7 heteroatoms. The van der Waals surface area contributed by atoms with Crippen molar-refractivity contribution >= 4 is 44.4 Å². The molecule has 4 aromatic rings. The molecule has 128 valence electrons. The summed E-state index contributed by atoms with van der Waals surface area (Å²) in [6.45, 7) is 4.88. The summed E-state index contributed by atoms with van der Waals surface area (Å²) in [7, 11) is 1.90. The van der Waals surface area contributed by atoms with Gasteiger partial charge in [0.05, 0.1) is 21.6 Å². The summed E-state index contributed by atoms with van der Waals surface area (Å²) in [4.78, 5) is 19.0. The van der Waals surface area contributed by atoms with Gasteiger partial charge < -0.3 is 4.57 Å². The van der Waals surface area contributed by atoms with Crippen LogP contribution in [0.5, 0.6) is 0 Å². The number of anilines is 1. The Morgan fingerprint density at radius 3 is 2.88 bits per heavy atom. The molecule has 25 heavy (non-hydrogen) atoms. The van der Waals surface area contributed by atoms with E-state index in [0.717, 1.165) is 39.9 Å². The van der Waals surface area contributed by atoms with Gasteiger partial charge in [0, 0.05) is 19.0 Å². The Labute approximate surface area is 149 Å². The van der Waals surface area contributed by atoms with Crippen LogP contribution in [0.15, 0.2) is 30.3 Å². The quantitative estimate of drug-likeness (QED) is 0.604. The topological polar surface area (TPSA) is 64.7 Å². The SMILES string of the molecule is CCCn1c(NC(=O)c2cc3c(C)nn(C)c3s2)nc2ccccc21. The summed E-state index contributed by atoms with van der Waals surface area (Å²) in [5.74, 6) is 0.466. The summed E-state index contributed by atoms with van der Waals surface area (Å²) in [5.41, 5.74) is 2.87. The fourth-order valence-electron chi connectivity index (χ4n) is 3.10. The summed E-state index contributed by atoms with van der Waals surface area (Å²) in [5, 5.41) is 8.39. The Morgan fingerprint density at radius 2 is 2.12 bits per heavy atom. The zero-order chi connectivity index (χ0) is 17.6. The second-order valence-electron chi connectivity index (χ2n) is 6.07. The Kier molecular flexibility index (Phi) is 3.80. The fraction of sp³-hybridized carbons (Fsp3) is 0.278. The van der Waals surface area contributed by atoms with Gasteiger partial charge in [0.1, 0.15) is 4.83 Å². The smallest absolute Gasteiger partial charge is 0.268 e. The van der Waals surface area contributed by atoms with Crippen LogP contribution in [0, 0.1) is 6.92 Å². The van der Waals surface area contributed by atoms with E-state index in [-0.39, 0.29) is 5.91 Å². The summed E-state index contributed by atoms with van der Waals surface area (Å²) >= 11 is 1.45. The van der Waals surface area contributed by atoms with E-state index in [0.29, 0.717) is 10.8 Å². The minimum absolute atomic E-state index is 0.131. The number of carbonyl (C=O) groups is 1. The van der Waals surface area contributed by atoms with E-state index in [2.05, 4.69) is 26.9 Å². The van der Waals surface area contributed by atoms with Crippen molar-refractivity contribution in [3.63, 3.8) is 0 Å². The third kappa shape index (κ3) is 2.60. The summed E-state index contributed by atoms with van der Waals surface area (Å²) < 4.78 is 3.88. The van der Waals surface area contributed by atoms with Crippen molar-refractivity contribution in [2.24, 2.45) is 7.05 Å². The molecular formula is C18H19N5OS. The third-order valence-corrected chi connectivity index (χ3v) is 5.45. The van der Waals surface area contributed by atoms with Crippen molar-refractivity contribution in [3.05, 3.63) is 40.9 Å². The monoisotopic (exact) mass is 353 g/mol. The highest BCUT2D eigenvalue weighted by Crippen LogP contribution is 2.28. The molecule has 0 unspecified atom stereocenters. The molecule has 6 nitrogen and oxygen atoms in total. The van der Waals surface area contributed by atoms with Crippen LogP contribution in [0.25, 0.3) is 21.3 Å². The number of rotatable bonds is 4. The minimum Gasteiger partial charge on any atom is -0.310 e. The number of benzene rings is 1. The molecule has 0 fully saturated rings. The lowest BCUT2D eigenvalue weighted by Gasteiger charge is -2.08. The minimum atomic E-state index is -0.131. The van der Waals surface area contributed by atoms with Crippen molar-refractivity contribution in [1.82, 2.24) is 19.3 Å². The van der Waals surface area contributed by atoms with Crippen LogP contribution < -0.4 is 5.32 Å². The van der Waals surface area contributed by atoms with Gasteiger partial charge in [-0.05, 0) is 31.5 Å². The number of hydrogen-bond donors (Lipinski definition) is 1. The number of carbonyl (C=O) groups excluding carboxylic acids is 1. The molecule has 0 saturated heterocycles. The van der Waals surface area contributed by atoms with Crippen molar-refractivity contribution in [2.75, 3.05) is 5.32 Å². The second kappa shape index (κ2) is 6.00. The average molecular weight is 353 g/mol. The predicted molar refractivity (Wildman–Crippen MR) is 101 cm³/mol. The molecule has 1 N–H and O–H groups in total. The van der Waals surface area contributed by atoms with E-state index in [1.807, 2.05) is 49.0 Å². The zero-order valence-electron chi connectivity index (χ0n) is 14.4. The Bertz CT molecular complexity index is 1050. The van der Waals surface area contributed by atoms with Gasteiger partial charge in [-0.15, -0.1) is 11.3 Å². The average Bonchev–Trinajstić information content (AvgIpc) is 3.24. The number of para-hydroxylation sites is 2. The van der Waals surface area contributed by atoms with Crippen LogP contribution in [0.2, 0.25) is 0 Å². The number of fused-ring (bicyclic) bond motifs is 2.